The number of hydrogen-bond donors (Lipinski definition) is 1. The first-order chi connectivity index (χ1) is 8.49. The number of anilines is 2. The van der Waals surface area contributed by atoms with E-state index in [0.29, 0.717) is 24.1 Å². The molecule has 0 bridgehead atoms. The second-order valence-corrected chi connectivity index (χ2v) is 7.05. The van der Waals surface area contributed by atoms with Gasteiger partial charge in [0.15, 0.2) is 9.84 Å². The monoisotopic (exact) mass is 270 g/mol. The Morgan fingerprint density at radius 3 is 2.89 bits per heavy atom. The molecule has 1 atom stereocenters. The van der Waals surface area contributed by atoms with E-state index in [4.69, 9.17) is 0 Å². The van der Waals surface area contributed by atoms with Gasteiger partial charge in [0.25, 0.3) is 0 Å². The van der Waals surface area contributed by atoms with Crippen LogP contribution in [0.3, 0.4) is 0 Å². The largest absolute Gasteiger partial charge is 0.369 e. The topological polar surface area (TPSA) is 75.2 Å². The van der Waals surface area contributed by atoms with Gasteiger partial charge < -0.3 is 10.2 Å². The number of aromatic nitrogens is 2. The summed E-state index contributed by atoms with van der Waals surface area (Å²) in [6, 6.07) is 1.74. The lowest BCUT2D eigenvalue weighted by atomic mass is 10.2. The van der Waals surface area contributed by atoms with Gasteiger partial charge in [0, 0.05) is 26.8 Å². The Balaban J connectivity index is 2.00. The van der Waals surface area contributed by atoms with Crippen molar-refractivity contribution >= 4 is 21.6 Å². The van der Waals surface area contributed by atoms with Gasteiger partial charge >= 0.3 is 0 Å². The SMILES string of the molecule is CN(C)c1nccc(NCC2CCCS2(=O)=O)n1. The lowest BCUT2D eigenvalue weighted by molar-refractivity contribution is 0.591. The van der Waals surface area contributed by atoms with Gasteiger partial charge in [-0.1, -0.05) is 0 Å². The summed E-state index contributed by atoms with van der Waals surface area (Å²) in [6.07, 6.45) is 3.16. The van der Waals surface area contributed by atoms with E-state index in [2.05, 4.69) is 15.3 Å². The van der Waals surface area contributed by atoms with Gasteiger partial charge in [-0.3, -0.25) is 0 Å². The predicted octanol–water partition coefficient (Wildman–Crippen LogP) is 0.532. The van der Waals surface area contributed by atoms with Gasteiger partial charge in [0.2, 0.25) is 5.95 Å². The number of sulfone groups is 1. The number of rotatable bonds is 4. The molecule has 0 spiro atoms. The maximum Gasteiger partial charge on any atom is 0.226 e. The molecule has 0 aromatic carbocycles. The van der Waals surface area contributed by atoms with E-state index in [1.807, 2.05) is 14.1 Å². The van der Waals surface area contributed by atoms with E-state index >= 15 is 0 Å². The molecular weight excluding hydrogens is 252 g/mol. The maximum absolute atomic E-state index is 11.7. The molecule has 0 radical (unpaired) electrons. The lowest BCUT2D eigenvalue weighted by Crippen LogP contribution is -2.25. The summed E-state index contributed by atoms with van der Waals surface area (Å²) in [4.78, 5) is 10.2. The Hall–Kier alpha value is -1.37. The van der Waals surface area contributed by atoms with Crippen LogP contribution in [0.15, 0.2) is 12.3 Å². The average Bonchev–Trinajstić information content (AvgIpc) is 2.66. The summed E-state index contributed by atoms with van der Waals surface area (Å²) < 4.78 is 23.4. The van der Waals surface area contributed by atoms with Gasteiger partial charge in [0.1, 0.15) is 5.82 Å². The molecule has 0 saturated carbocycles. The van der Waals surface area contributed by atoms with Crippen LogP contribution in [0.1, 0.15) is 12.8 Å². The Kier molecular flexibility index (Phi) is 3.70. The van der Waals surface area contributed by atoms with Gasteiger partial charge in [-0.15, -0.1) is 0 Å². The second-order valence-electron chi connectivity index (χ2n) is 4.65. The van der Waals surface area contributed by atoms with E-state index in [0.717, 1.165) is 12.8 Å². The third-order valence-corrected chi connectivity index (χ3v) is 5.29. The van der Waals surface area contributed by atoms with Crippen molar-refractivity contribution < 1.29 is 8.42 Å². The highest BCUT2D eigenvalue weighted by atomic mass is 32.2. The first-order valence-corrected chi connectivity index (χ1v) is 7.66. The quantitative estimate of drug-likeness (QED) is 0.860. The van der Waals surface area contributed by atoms with Crippen LogP contribution in [-0.2, 0) is 9.84 Å². The zero-order valence-corrected chi connectivity index (χ0v) is 11.4. The normalized spacial score (nSPS) is 21.8. The summed E-state index contributed by atoms with van der Waals surface area (Å²) in [5.74, 6) is 1.58. The summed E-state index contributed by atoms with van der Waals surface area (Å²) in [5, 5.41) is 2.80. The molecule has 7 heteroatoms. The van der Waals surface area contributed by atoms with Crippen molar-refractivity contribution in [1.29, 1.82) is 0 Å². The second kappa shape index (κ2) is 5.09. The molecule has 1 N–H and O–H groups in total. The Labute approximate surface area is 107 Å². The Bertz CT molecular complexity index is 516. The fourth-order valence-corrected chi connectivity index (χ4v) is 3.73. The van der Waals surface area contributed by atoms with Crippen LogP contribution in [-0.4, -0.2) is 50.0 Å². The van der Waals surface area contributed by atoms with E-state index in [1.54, 1.807) is 17.2 Å². The molecule has 18 heavy (non-hydrogen) atoms. The van der Waals surface area contributed by atoms with Crippen molar-refractivity contribution in [3.63, 3.8) is 0 Å². The molecule has 0 amide bonds. The molecule has 1 fully saturated rings. The fraction of sp³-hybridized carbons (Fsp3) is 0.636. The van der Waals surface area contributed by atoms with Gasteiger partial charge in [-0.2, -0.15) is 4.98 Å². The highest BCUT2D eigenvalue weighted by Gasteiger charge is 2.30. The minimum atomic E-state index is -2.90. The standard InChI is InChI=1S/C11H18N4O2S/c1-15(2)11-12-6-5-10(14-11)13-8-9-4-3-7-18(9,16)17/h5-6,9H,3-4,7-8H2,1-2H3,(H,12,13,14). The summed E-state index contributed by atoms with van der Waals surface area (Å²) in [5.41, 5.74) is 0. The molecule has 0 aliphatic carbocycles. The van der Waals surface area contributed by atoms with Crippen molar-refractivity contribution in [3.8, 4) is 0 Å². The molecule has 6 nitrogen and oxygen atoms in total. The van der Waals surface area contributed by atoms with Gasteiger partial charge in [-0.05, 0) is 18.9 Å². The molecule has 2 heterocycles. The Morgan fingerprint density at radius 1 is 1.50 bits per heavy atom. The fourth-order valence-electron chi connectivity index (χ4n) is 1.97. The Morgan fingerprint density at radius 2 is 2.28 bits per heavy atom. The third-order valence-electron chi connectivity index (χ3n) is 3.02. The average molecular weight is 270 g/mol. The van der Waals surface area contributed by atoms with E-state index in [1.165, 1.54) is 0 Å². The molecule has 1 aliphatic heterocycles. The van der Waals surface area contributed by atoms with Crippen LogP contribution in [0.4, 0.5) is 11.8 Å². The number of hydrogen-bond acceptors (Lipinski definition) is 6. The van der Waals surface area contributed by atoms with E-state index in [9.17, 15) is 8.42 Å². The van der Waals surface area contributed by atoms with Crippen molar-refractivity contribution in [2.24, 2.45) is 0 Å². The number of nitrogens with zero attached hydrogens (tertiary/aromatic N) is 3. The molecule has 1 aliphatic rings. The first kappa shape index (κ1) is 13.1. The molecule has 2 rings (SSSR count). The van der Waals surface area contributed by atoms with Crippen molar-refractivity contribution in [2.45, 2.75) is 18.1 Å². The third kappa shape index (κ3) is 2.90. The number of nitrogens with one attached hydrogen (secondary N) is 1. The van der Waals surface area contributed by atoms with Crippen molar-refractivity contribution in [3.05, 3.63) is 12.3 Å². The summed E-state index contributed by atoms with van der Waals surface area (Å²) in [6.45, 7) is 0.423. The van der Waals surface area contributed by atoms with Crippen LogP contribution in [0.5, 0.6) is 0 Å². The van der Waals surface area contributed by atoms with E-state index < -0.39 is 9.84 Å². The summed E-state index contributed by atoms with van der Waals surface area (Å²) >= 11 is 0. The van der Waals surface area contributed by atoms with Crippen LogP contribution in [0, 0.1) is 0 Å². The molecule has 1 unspecified atom stereocenters. The zero-order chi connectivity index (χ0) is 13.2. The van der Waals surface area contributed by atoms with Crippen LogP contribution < -0.4 is 10.2 Å². The highest BCUT2D eigenvalue weighted by Crippen LogP contribution is 2.20. The predicted molar refractivity (Wildman–Crippen MR) is 71.7 cm³/mol. The van der Waals surface area contributed by atoms with Crippen LogP contribution in [0.2, 0.25) is 0 Å². The van der Waals surface area contributed by atoms with Crippen molar-refractivity contribution in [1.82, 2.24) is 9.97 Å². The van der Waals surface area contributed by atoms with Gasteiger partial charge in [-0.25, -0.2) is 13.4 Å². The molecule has 1 saturated heterocycles. The molecular formula is C11H18N4O2S. The van der Waals surface area contributed by atoms with Crippen LogP contribution in [0.25, 0.3) is 0 Å². The first-order valence-electron chi connectivity index (χ1n) is 5.95. The zero-order valence-electron chi connectivity index (χ0n) is 10.6. The molecule has 100 valence electrons. The van der Waals surface area contributed by atoms with Crippen molar-refractivity contribution in [2.75, 3.05) is 36.6 Å². The van der Waals surface area contributed by atoms with Gasteiger partial charge in [0.05, 0.1) is 11.0 Å². The van der Waals surface area contributed by atoms with E-state index in [-0.39, 0.29) is 5.25 Å². The van der Waals surface area contributed by atoms with Crippen LogP contribution >= 0.6 is 0 Å². The molecule has 1 aromatic rings. The maximum atomic E-state index is 11.7. The summed E-state index contributed by atoms with van der Waals surface area (Å²) in [7, 11) is 0.823. The lowest BCUT2D eigenvalue weighted by Gasteiger charge is -2.13. The minimum absolute atomic E-state index is 0.282. The smallest absolute Gasteiger partial charge is 0.226 e. The highest BCUT2D eigenvalue weighted by molar-refractivity contribution is 7.92. The molecule has 1 aromatic heterocycles. The minimum Gasteiger partial charge on any atom is -0.369 e.